The van der Waals surface area contributed by atoms with Crippen molar-refractivity contribution < 1.29 is 23.0 Å². The number of ether oxygens (including phenoxy) is 2. The summed E-state index contributed by atoms with van der Waals surface area (Å²) in [6, 6.07) is 11.6. The predicted molar refractivity (Wildman–Crippen MR) is 95.7 cm³/mol. The Balaban J connectivity index is 1.68. The summed E-state index contributed by atoms with van der Waals surface area (Å²) in [5.41, 5.74) is 6.98. The fourth-order valence-electron chi connectivity index (χ4n) is 2.18. The Morgan fingerprint density at radius 2 is 1.93 bits per heavy atom. The van der Waals surface area contributed by atoms with E-state index in [1.54, 1.807) is 24.3 Å². The van der Waals surface area contributed by atoms with E-state index in [4.69, 9.17) is 15.0 Å². The van der Waals surface area contributed by atoms with Crippen LogP contribution in [0.1, 0.15) is 5.56 Å². The van der Waals surface area contributed by atoms with Crippen molar-refractivity contribution in [1.29, 1.82) is 5.53 Å². The molecule has 1 amide bonds. The summed E-state index contributed by atoms with van der Waals surface area (Å²) >= 11 is 0. The molecule has 3 rings (SSSR count). The zero-order valence-electron chi connectivity index (χ0n) is 14.7. The van der Waals surface area contributed by atoms with E-state index in [0.29, 0.717) is 0 Å². The highest BCUT2D eigenvalue weighted by molar-refractivity contribution is 5.84. The molecule has 11 heteroatoms. The number of carbonyl (C=O) groups excluding carboxylic acids is 1. The molecule has 1 heterocycles. The van der Waals surface area contributed by atoms with Gasteiger partial charge in [0.15, 0.2) is 22.5 Å². The molecule has 0 bridgehead atoms. The summed E-state index contributed by atoms with van der Waals surface area (Å²) in [6.07, 6.45) is 0.119. The van der Waals surface area contributed by atoms with E-state index >= 15 is 0 Å². The van der Waals surface area contributed by atoms with E-state index in [2.05, 4.69) is 25.3 Å². The van der Waals surface area contributed by atoms with Crippen LogP contribution in [0.3, 0.4) is 0 Å². The molecule has 2 aromatic carbocycles. The maximum atomic E-state index is 14.3. The molecule has 1 aromatic heterocycles. The summed E-state index contributed by atoms with van der Waals surface area (Å²) in [4.78, 5) is 22.1. The van der Waals surface area contributed by atoms with E-state index in [9.17, 15) is 13.6 Å². The number of benzene rings is 2. The molecule has 2 N–H and O–H groups in total. The third kappa shape index (κ3) is 5.37. The van der Waals surface area contributed by atoms with E-state index in [-0.39, 0.29) is 18.3 Å². The van der Waals surface area contributed by atoms with Gasteiger partial charge in [0.25, 0.3) is 0 Å². The van der Waals surface area contributed by atoms with Gasteiger partial charge in [0.1, 0.15) is 18.5 Å². The van der Waals surface area contributed by atoms with Crippen LogP contribution in [-0.4, -0.2) is 16.1 Å². The summed E-state index contributed by atoms with van der Waals surface area (Å²) in [5.74, 6) is -2.50. The lowest BCUT2D eigenvalue weighted by Crippen LogP contribution is -2.14. The Morgan fingerprint density at radius 1 is 1.14 bits per heavy atom. The second-order valence-corrected chi connectivity index (χ2v) is 5.47. The van der Waals surface area contributed by atoms with Crippen LogP contribution in [0.15, 0.2) is 60.0 Å². The highest BCUT2D eigenvalue weighted by Crippen LogP contribution is 2.29. The number of hydrogen-bond donors (Lipinski definition) is 2. The van der Waals surface area contributed by atoms with Gasteiger partial charge in [-0.15, -0.1) is 0 Å². The summed E-state index contributed by atoms with van der Waals surface area (Å²) < 4.78 is 38.7. The van der Waals surface area contributed by atoms with Crippen molar-refractivity contribution >= 4 is 17.6 Å². The van der Waals surface area contributed by atoms with Crippen LogP contribution in [0.25, 0.3) is 0 Å². The van der Waals surface area contributed by atoms with Gasteiger partial charge < -0.3 is 9.47 Å². The van der Waals surface area contributed by atoms with Crippen molar-refractivity contribution in [3.63, 3.8) is 0 Å². The molecule has 0 saturated carbocycles. The van der Waals surface area contributed by atoms with Gasteiger partial charge in [-0.05, 0) is 5.56 Å². The number of amides is 1. The molecular weight excluding hydrogens is 386 g/mol. The van der Waals surface area contributed by atoms with Crippen LogP contribution in [0, 0.1) is 17.2 Å². The van der Waals surface area contributed by atoms with Gasteiger partial charge in [-0.2, -0.15) is 0 Å². The molecule has 0 aliphatic rings. The van der Waals surface area contributed by atoms with E-state index < -0.39 is 29.2 Å². The number of aromatic nitrogens is 2. The fraction of sp³-hybridized carbons (Fsp3) is 0.0556. The number of rotatable bonds is 6. The molecule has 146 valence electrons. The number of carbonyl (C=O) groups is 1. The maximum Gasteiger partial charge on any atom is 0.412 e. The first-order valence-electron chi connectivity index (χ1n) is 8.09. The van der Waals surface area contributed by atoms with Crippen molar-refractivity contribution in [2.24, 2.45) is 5.11 Å². The highest BCUT2D eigenvalue weighted by atomic mass is 19.1. The maximum absolute atomic E-state index is 14.3. The largest absolute Gasteiger partial charge is 0.444 e. The minimum atomic E-state index is -0.952. The first-order chi connectivity index (χ1) is 14.0. The lowest BCUT2D eigenvalue weighted by atomic mass is 10.2. The first-order valence-corrected chi connectivity index (χ1v) is 8.09. The molecule has 0 unspecified atom stereocenters. The third-order valence-corrected chi connectivity index (χ3v) is 3.47. The van der Waals surface area contributed by atoms with Crippen molar-refractivity contribution in [3.8, 4) is 11.6 Å². The van der Waals surface area contributed by atoms with Gasteiger partial charge in [-0.3, -0.25) is 5.32 Å². The van der Waals surface area contributed by atoms with Gasteiger partial charge in [0, 0.05) is 12.1 Å². The molecule has 29 heavy (non-hydrogen) atoms. The highest BCUT2D eigenvalue weighted by Gasteiger charge is 2.16. The zero-order chi connectivity index (χ0) is 20.6. The first kappa shape index (κ1) is 19.5. The monoisotopic (exact) mass is 399 g/mol. The molecule has 0 fully saturated rings. The van der Waals surface area contributed by atoms with E-state index in [1.165, 1.54) is 6.07 Å². The summed E-state index contributed by atoms with van der Waals surface area (Å²) in [6.45, 7) is -0.0241. The van der Waals surface area contributed by atoms with Crippen LogP contribution in [0.4, 0.5) is 25.1 Å². The number of anilines is 1. The van der Waals surface area contributed by atoms with Gasteiger partial charge in [-0.1, -0.05) is 30.3 Å². The normalized spacial score (nSPS) is 10.0. The second-order valence-electron chi connectivity index (χ2n) is 5.47. The van der Waals surface area contributed by atoms with E-state index in [0.717, 1.165) is 24.0 Å². The molecule has 3 aromatic rings. The Kier molecular flexibility index (Phi) is 6.13. The SMILES string of the molecule is N=[N+]=Nc1cc(Oc2cc(F)c(NC(=O)OCc3ccccc3)cc2F)ncn1. The molecule has 0 aliphatic heterocycles. The van der Waals surface area contributed by atoms with Gasteiger partial charge in [-0.25, -0.2) is 23.5 Å². The van der Waals surface area contributed by atoms with Crippen LogP contribution in [0.2, 0.25) is 0 Å². The minimum Gasteiger partial charge on any atom is -0.444 e. The Morgan fingerprint density at radius 3 is 2.69 bits per heavy atom. The van der Waals surface area contributed by atoms with Crippen molar-refractivity contribution in [3.05, 3.63) is 72.1 Å². The molecule has 0 spiro atoms. The molecule has 0 saturated heterocycles. The average molecular weight is 399 g/mol. The fourth-order valence-corrected chi connectivity index (χ4v) is 2.18. The van der Waals surface area contributed by atoms with Crippen molar-refractivity contribution in [2.75, 3.05) is 5.32 Å². The van der Waals surface area contributed by atoms with Crippen molar-refractivity contribution in [2.45, 2.75) is 6.61 Å². The summed E-state index contributed by atoms with van der Waals surface area (Å²) in [5, 5.41) is 5.50. The smallest absolute Gasteiger partial charge is 0.412 e. The third-order valence-electron chi connectivity index (χ3n) is 3.47. The van der Waals surface area contributed by atoms with Crippen molar-refractivity contribution in [1.82, 2.24) is 14.9 Å². The lowest BCUT2D eigenvalue weighted by Gasteiger charge is -2.10. The molecular formula is C18H13F2N6O3+. The average Bonchev–Trinajstić information content (AvgIpc) is 2.71. The predicted octanol–water partition coefficient (Wildman–Crippen LogP) is 4.48. The Hall–Kier alpha value is -4.24. The van der Waals surface area contributed by atoms with Crippen LogP contribution < -0.4 is 15.0 Å². The molecule has 0 radical (unpaired) electrons. The minimum absolute atomic E-state index is 0.00493. The second kappa shape index (κ2) is 9.11. The number of halogens is 2. The van der Waals surface area contributed by atoms with Gasteiger partial charge in [0.05, 0.1) is 11.8 Å². The quantitative estimate of drug-likeness (QED) is 0.467. The molecule has 9 nitrogen and oxygen atoms in total. The standard InChI is InChI=1S/C18H12F2N6O3/c19-12-7-15(29-17-8-16(25-26-21)22-10-23-17)13(20)6-14(12)24-18(27)28-9-11-4-2-1-3-5-11/h1-8,10,21H,9H2/p+1. The lowest BCUT2D eigenvalue weighted by molar-refractivity contribution is 0.155. The zero-order valence-corrected chi connectivity index (χ0v) is 14.7. The topological polar surface area (TPSA) is 124 Å². The Bertz CT molecular complexity index is 1070. The van der Waals surface area contributed by atoms with Crippen LogP contribution >= 0.6 is 0 Å². The molecule has 0 atom stereocenters. The Labute approximate surface area is 162 Å². The van der Waals surface area contributed by atoms with E-state index in [1.807, 2.05) is 6.07 Å². The number of hydrogen-bond acceptors (Lipinski definition) is 7. The van der Waals surface area contributed by atoms with Crippen LogP contribution in [-0.2, 0) is 11.3 Å². The van der Waals surface area contributed by atoms with Crippen LogP contribution in [0.5, 0.6) is 11.6 Å². The number of nitrogens with one attached hydrogen (secondary N) is 2. The number of nitrogens with zero attached hydrogens (tertiary/aromatic N) is 4. The van der Waals surface area contributed by atoms with Gasteiger partial charge >= 0.3 is 6.09 Å². The summed E-state index contributed by atoms with van der Waals surface area (Å²) in [7, 11) is 0. The molecule has 0 aliphatic carbocycles. The van der Waals surface area contributed by atoms with Gasteiger partial charge in [0.2, 0.25) is 16.6 Å².